The summed E-state index contributed by atoms with van der Waals surface area (Å²) in [6.07, 6.45) is 1.09. The summed E-state index contributed by atoms with van der Waals surface area (Å²) in [5.41, 5.74) is 3.18. The number of aromatic amines is 1. The van der Waals surface area contributed by atoms with E-state index in [0.717, 1.165) is 33.5 Å². The molecule has 1 unspecified atom stereocenters. The van der Waals surface area contributed by atoms with E-state index in [0.29, 0.717) is 25.9 Å². The van der Waals surface area contributed by atoms with Gasteiger partial charge in [0.15, 0.2) is 0 Å². The highest BCUT2D eigenvalue weighted by Gasteiger charge is 2.59. The van der Waals surface area contributed by atoms with Crippen molar-refractivity contribution in [3.63, 3.8) is 0 Å². The number of amides is 3. The number of fused-ring (bicyclic) bond motifs is 4. The van der Waals surface area contributed by atoms with Crippen molar-refractivity contribution in [3.05, 3.63) is 65.4 Å². The molecule has 3 heterocycles. The van der Waals surface area contributed by atoms with Crippen molar-refractivity contribution >= 4 is 22.8 Å². The number of benzene rings is 2. The zero-order valence-electron chi connectivity index (χ0n) is 21.1. The molecule has 5 rings (SSSR count). The van der Waals surface area contributed by atoms with E-state index in [1.807, 2.05) is 48.2 Å². The first-order chi connectivity index (χ1) is 16.6. The molecule has 0 bridgehead atoms. The van der Waals surface area contributed by atoms with Gasteiger partial charge in [-0.15, -0.1) is 0 Å². The minimum Gasteiger partial charge on any atom is -0.497 e. The molecule has 2 atom stereocenters. The van der Waals surface area contributed by atoms with Crippen molar-refractivity contribution in [3.8, 4) is 5.75 Å². The highest BCUT2D eigenvalue weighted by Crippen LogP contribution is 2.47. The van der Waals surface area contributed by atoms with Crippen molar-refractivity contribution in [2.75, 3.05) is 20.2 Å². The summed E-state index contributed by atoms with van der Waals surface area (Å²) in [5, 5.41) is 4.45. The van der Waals surface area contributed by atoms with Gasteiger partial charge in [0.05, 0.1) is 13.2 Å². The molecule has 0 radical (unpaired) electrons. The maximum absolute atomic E-state index is 13.8. The lowest BCUT2D eigenvalue weighted by molar-refractivity contribution is -0.133. The van der Waals surface area contributed by atoms with Gasteiger partial charge in [-0.2, -0.15) is 0 Å². The van der Waals surface area contributed by atoms with E-state index in [-0.39, 0.29) is 23.5 Å². The van der Waals surface area contributed by atoms with Crippen LogP contribution in [0.5, 0.6) is 5.75 Å². The van der Waals surface area contributed by atoms with E-state index in [4.69, 9.17) is 4.74 Å². The molecule has 35 heavy (non-hydrogen) atoms. The van der Waals surface area contributed by atoms with E-state index in [9.17, 15) is 9.59 Å². The molecule has 0 saturated carbocycles. The minimum atomic E-state index is -0.941. The van der Waals surface area contributed by atoms with Gasteiger partial charge >= 0.3 is 6.03 Å². The van der Waals surface area contributed by atoms with Crippen molar-refractivity contribution in [1.29, 1.82) is 0 Å². The fraction of sp³-hybridized carbons (Fsp3) is 0.429. The molecular weight excluding hydrogens is 440 g/mol. The van der Waals surface area contributed by atoms with Crippen LogP contribution in [0.1, 0.15) is 50.6 Å². The summed E-state index contributed by atoms with van der Waals surface area (Å²) in [6.45, 7) is 9.05. The molecule has 2 N–H and O–H groups in total. The highest BCUT2D eigenvalue weighted by atomic mass is 16.5. The van der Waals surface area contributed by atoms with Gasteiger partial charge in [0.2, 0.25) is 0 Å². The number of methoxy groups -OCH3 is 1. The summed E-state index contributed by atoms with van der Waals surface area (Å²) in [5.74, 6) is 0.648. The SMILES string of the molecule is COc1ccc2[nH]c3c(c2c1)C[C@@]1(C)C(=O)N(CCNC(C)(C)C)C(=O)N1C3Cc1ccccc1. The number of imide groups is 1. The Labute approximate surface area is 206 Å². The Balaban J connectivity index is 1.58. The monoisotopic (exact) mass is 474 g/mol. The quantitative estimate of drug-likeness (QED) is 0.518. The van der Waals surface area contributed by atoms with E-state index in [2.05, 4.69) is 43.2 Å². The Bertz CT molecular complexity index is 1280. The molecule has 7 nitrogen and oxygen atoms in total. The first kappa shape index (κ1) is 23.4. The fourth-order valence-electron chi connectivity index (χ4n) is 5.55. The van der Waals surface area contributed by atoms with Crippen LogP contribution < -0.4 is 10.1 Å². The molecule has 0 aliphatic carbocycles. The van der Waals surface area contributed by atoms with Gasteiger partial charge < -0.3 is 19.9 Å². The second kappa shape index (κ2) is 8.41. The maximum atomic E-state index is 13.8. The number of nitrogens with one attached hydrogen (secondary N) is 2. The van der Waals surface area contributed by atoms with Crippen molar-refractivity contribution in [2.45, 2.75) is 57.7 Å². The van der Waals surface area contributed by atoms with Gasteiger partial charge in [-0.1, -0.05) is 30.3 Å². The van der Waals surface area contributed by atoms with Gasteiger partial charge in [-0.3, -0.25) is 9.69 Å². The molecule has 2 aliphatic rings. The Morgan fingerprint density at radius 2 is 1.89 bits per heavy atom. The molecule has 2 aliphatic heterocycles. The number of rotatable bonds is 6. The normalized spacial score (nSPS) is 22.0. The highest BCUT2D eigenvalue weighted by molar-refractivity contribution is 6.08. The zero-order valence-corrected chi connectivity index (χ0v) is 21.1. The number of hydrogen-bond donors (Lipinski definition) is 2. The van der Waals surface area contributed by atoms with Crippen LogP contribution in [0.2, 0.25) is 0 Å². The van der Waals surface area contributed by atoms with Gasteiger partial charge in [0, 0.05) is 41.6 Å². The second-order valence-electron chi connectivity index (χ2n) is 10.9. The predicted molar refractivity (Wildman–Crippen MR) is 137 cm³/mol. The Hall–Kier alpha value is -3.32. The lowest BCUT2D eigenvalue weighted by atomic mass is 9.81. The number of aromatic nitrogens is 1. The molecule has 1 aromatic heterocycles. The van der Waals surface area contributed by atoms with Crippen molar-refractivity contribution < 1.29 is 14.3 Å². The summed E-state index contributed by atoms with van der Waals surface area (Å²) < 4.78 is 5.48. The van der Waals surface area contributed by atoms with Crippen LogP contribution in [-0.2, 0) is 17.6 Å². The summed E-state index contributed by atoms with van der Waals surface area (Å²) >= 11 is 0. The summed E-state index contributed by atoms with van der Waals surface area (Å²) in [4.78, 5) is 34.5. The average Bonchev–Trinajstić information content (AvgIpc) is 3.26. The zero-order chi connectivity index (χ0) is 25.0. The van der Waals surface area contributed by atoms with Gasteiger partial charge in [0.1, 0.15) is 11.3 Å². The maximum Gasteiger partial charge on any atom is 0.328 e. The minimum absolute atomic E-state index is 0.0893. The Kier molecular flexibility index (Phi) is 5.63. The number of hydrogen-bond acceptors (Lipinski definition) is 4. The van der Waals surface area contributed by atoms with Gasteiger partial charge in [0.25, 0.3) is 5.91 Å². The molecule has 2 aromatic carbocycles. The third-order valence-electron chi connectivity index (χ3n) is 7.25. The van der Waals surface area contributed by atoms with Gasteiger partial charge in [-0.25, -0.2) is 4.79 Å². The van der Waals surface area contributed by atoms with E-state index < -0.39 is 5.54 Å². The number of carbonyl (C=O) groups excluding carboxylic acids is 2. The molecule has 3 aromatic rings. The second-order valence-corrected chi connectivity index (χ2v) is 10.9. The lowest BCUT2D eigenvalue weighted by Gasteiger charge is -2.42. The molecular formula is C28H34N4O3. The van der Waals surface area contributed by atoms with Crippen molar-refractivity contribution in [1.82, 2.24) is 20.1 Å². The topological polar surface area (TPSA) is 77.7 Å². The van der Waals surface area contributed by atoms with Crippen LogP contribution in [0.25, 0.3) is 10.9 Å². The fourth-order valence-corrected chi connectivity index (χ4v) is 5.55. The third-order valence-corrected chi connectivity index (χ3v) is 7.25. The summed E-state index contributed by atoms with van der Waals surface area (Å²) in [7, 11) is 1.66. The lowest BCUT2D eigenvalue weighted by Crippen LogP contribution is -2.53. The molecule has 184 valence electrons. The average molecular weight is 475 g/mol. The molecule has 1 saturated heterocycles. The molecule has 1 fully saturated rings. The number of carbonyl (C=O) groups is 2. The number of nitrogens with zero attached hydrogens (tertiary/aromatic N) is 2. The number of urea groups is 1. The van der Waals surface area contributed by atoms with Crippen LogP contribution in [0.3, 0.4) is 0 Å². The predicted octanol–water partition coefficient (Wildman–Crippen LogP) is 4.43. The Morgan fingerprint density at radius 1 is 1.14 bits per heavy atom. The smallest absolute Gasteiger partial charge is 0.328 e. The van der Waals surface area contributed by atoms with Crippen LogP contribution in [0, 0.1) is 0 Å². The third kappa shape index (κ3) is 3.97. The first-order valence-corrected chi connectivity index (χ1v) is 12.2. The van der Waals surface area contributed by atoms with E-state index in [1.54, 1.807) is 7.11 Å². The Morgan fingerprint density at radius 3 is 2.57 bits per heavy atom. The van der Waals surface area contributed by atoms with Crippen LogP contribution in [0.15, 0.2) is 48.5 Å². The van der Waals surface area contributed by atoms with Gasteiger partial charge in [-0.05, 0) is 63.4 Å². The van der Waals surface area contributed by atoms with E-state index >= 15 is 0 Å². The largest absolute Gasteiger partial charge is 0.497 e. The van der Waals surface area contributed by atoms with Crippen LogP contribution >= 0.6 is 0 Å². The van der Waals surface area contributed by atoms with E-state index in [1.165, 1.54) is 4.90 Å². The first-order valence-electron chi connectivity index (χ1n) is 12.2. The number of ether oxygens (including phenoxy) is 1. The van der Waals surface area contributed by atoms with Crippen LogP contribution in [-0.4, -0.2) is 58.0 Å². The van der Waals surface area contributed by atoms with Crippen molar-refractivity contribution in [2.24, 2.45) is 0 Å². The molecule has 0 spiro atoms. The standard InChI is InChI=1S/C28H34N4O3/c1-27(2,3)29-13-14-31-25(33)28(4)17-21-20-16-19(35-5)11-12-22(20)30-24(21)23(32(28)26(31)34)15-18-9-7-6-8-10-18/h6-12,16,23,29-30H,13-15,17H2,1-5H3/t23?,28-/m0/s1. The molecule has 3 amide bonds. The van der Waals surface area contributed by atoms with Crippen LogP contribution in [0.4, 0.5) is 4.79 Å². The molecule has 7 heteroatoms. The summed E-state index contributed by atoms with van der Waals surface area (Å²) in [6, 6.07) is 15.6. The number of H-pyrrole nitrogens is 1.